The van der Waals surface area contributed by atoms with E-state index >= 15 is 0 Å². The van der Waals surface area contributed by atoms with Gasteiger partial charge in [-0.2, -0.15) is 5.10 Å². The van der Waals surface area contributed by atoms with Crippen LogP contribution in [-0.2, 0) is 4.79 Å². The van der Waals surface area contributed by atoms with Crippen LogP contribution in [0, 0.1) is 5.41 Å². The Bertz CT molecular complexity index is 417. The second kappa shape index (κ2) is 8.12. The molecule has 6 nitrogen and oxygen atoms in total. The number of hydrazone groups is 1. The first-order chi connectivity index (χ1) is 7.93. The summed E-state index contributed by atoms with van der Waals surface area (Å²) in [6, 6.07) is 7.25. The van der Waals surface area contributed by atoms with Gasteiger partial charge in [0.15, 0.2) is 0 Å². The molecule has 0 atom stereocenters. The van der Waals surface area contributed by atoms with Crippen molar-refractivity contribution in [3.8, 4) is 0 Å². The number of guanidine groups is 1. The molecule has 1 aromatic rings. The molecule has 0 fully saturated rings. The van der Waals surface area contributed by atoms with E-state index < -0.39 is 5.97 Å². The van der Waals surface area contributed by atoms with E-state index in [1.54, 1.807) is 6.07 Å². The highest BCUT2D eigenvalue weighted by Crippen LogP contribution is 2.11. The average Bonchev–Trinajstić information content (AvgIpc) is 2.19. The fourth-order valence-electron chi connectivity index (χ4n) is 0.751. The predicted molar refractivity (Wildman–Crippen MR) is 67.4 cm³/mol. The molecule has 5 N–H and O–H groups in total. The lowest BCUT2D eigenvalue weighted by molar-refractivity contribution is -0.134. The maximum atomic E-state index is 9.00. The molecule has 0 spiro atoms. The van der Waals surface area contributed by atoms with E-state index in [0.717, 1.165) is 12.5 Å². The molecule has 1 rings (SSSR count). The minimum Gasteiger partial charge on any atom is -0.481 e. The Kier molecular flexibility index (Phi) is 7.12. The zero-order valence-electron chi connectivity index (χ0n) is 9.14. The van der Waals surface area contributed by atoms with Crippen LogP contribution in [0.25, 0.3) is 0 Å². The van der Waals surface area contributed by atoms with Gasteiger partial charge in [0.05, 0.1) is 6.21 Å². The molecular weight excluding hydrogens is 244 g/mol. The van der Waals surface area contributed by atoms with Crippen LogP contribution in [-0.4, -0.2) is 23.2 Å². The van der Waals surface area contributed by atoms with Crippen molar-refractivity contribution >= 4 is 29.7 Å². The lowest BCUT2D eigenvalue weighted by Gasteiger charge is -1.96. The average molecular weight is 257 g/mol. The molecule has 92 valence electrons. The van der Waals surface area contributed by atoms with E-state index in [1.807, 2.05) is 18.2 Å². The quantitative estimate of drug-likeness (QED) is 0.362. The Morgan fingerprint density at radius 2 is 2.12 bits per heavy atom. The number of nitrogens with zero attached hydrogens (tertiary/aromatic N) is 1. The van der Waals surface area contributed by atoms with Gasteiger partial charge in [-0.3, -0.25) is 10.2 Å². The normalized spacial score (nSPS) is 9.29. The highest BCUT2D eigenvalue weighted by Gasteiger charge is 1.93. The van der Waals surface area contributed by atoms with E-state index in [1.165, 1.54) is 6.21 Å². The molecule has 0 aromatic heterocycles. The Balaban J connectivity index is 0.000000557. The molecular formula is C10H13ClN4O2. The van der Waals surface area contributed by atoms with Gasteiger partial charge in [0, 0.05) is 17.5 Å². The maximum absolute atomic E-state index is 9.00. The van der Waals surface area contributed by atoms with Gasteiger partial charge in [0.25, 0.3) is 5.97 Å². The molecule has 0 radical (unpaired) electrons. The highest BCUT2D eigenvalue weighted by atomic mass is 35.5. The van der Waals surface area contributed by atoms with E-state index in [0.29, 0.717) is 5.02 Å². The van der Waals surface area contributed by atoms with Crippen LogP contribution < -0.4 is 11.2 Å². The second-order valence-electron chi connectivity index (χ2n) is 2.82. The van der Waals surface area contributed by atoms with Crippen molar-refractivity contribution in [1.82, 2.24) is 5.43 Å². The summed E-state index contributed by atoms with van der Waals surface area (Å²) in [6.45, 7) is 1.08. The lowest BCUT2D eigenvalue weighted by atomic mass is 10.2. The van der Waals surface area contributed by atoms with Gasteiger partial charge in [0.2, 0.25) is 5.96 Å². The molecule has 1 aromatic carbocycles. The van der Waals surface area contributed by atoms with Gasteiger partial charge in [-0.1, -0.05) is 29.8 Å². The largest absolute Gasteiger partial charge is 0.481 e. The molecule has 0 unspecified atom stereocenters. The van der Waals surface area contributed by atoms with Crippen LogP contribution in [0.4, 0.5) is 0 Å². The number of nitrogens with one attached hydrogen (secondary N) is 2. The number of carboxylic acid groups (broad SMARTS) is 1. The third kappa shape index (κ3) is 8.88. The minimum absolute atomic E-state index is 0.205. The van der Waals surface area contributed by atoms with Crippen molar-refractivity contribution in [3.63, 3.8) is 0 Å². The summed E-state index contributed by atoms with van der Waals surface area (Å²) in [5.74, 6) is -1.04. The molecule has 0 amide bonds. The number of hydrogen-bond donors (Lipinski definition) is 4. The fourth-order valence-corrected chi connectivity index (χ4v) is 0.936. The topological polar surface area (TPSA) is 112 Å². The number of rotatable bonds is 2. The van der Waals surface area contributed by atoms with E-state index in [-0.39, 0.29) is 5.96 Å². The van der Waals surface area contributed by atoms with Crippen LogP contribution >= 0.6 is 11.6 Å². The molecule has 0 aliphatic rings. The summed E-state index contributed by atoms with van der Waals surface area (Å²) in [6.07, 6.45) is 1.50. The predicted octanol–water partition coefficient (Wildman–Crippen LogP) is 1.25. The van der Waals surface area contributed by atoms with Gasteiger partial charge in [-0.15, -0.1) is 0 Å². The first-order valence-electron chi connectivity index (χ1n) is 4.50. The first kappa shape index (κ1) is 14.9. The standard InChI is InChI=1S/C8H9ClN4.C2H4O2/c9-7-4-2-1-3-6(7)5-12-13-8(10)11;1-2(3)4/h1-5H,(H4,10,11,13);1H3,(H,3,4)/b12-5+;. The number of nitrogens with two attached hydrogens (primary N) is 1. The minimum atomic E-state index is -0.833. The van der Waals surface area contributed by atoms with Crippen molar-refractivity contribution < 1.29 is 9.90 Å². The van der Waals surface area contributed by atoms with Crippen LogP contribution in [0.5, 0.6) is 0 Å². The Morgan fingerprint density at radius 3 is 2.59 bits per heavy atom. The number of aliphatic carboxylic acids is 1. The van der Waals surface area contributed by atoms with Crippen LogP contribution in [0.2, 0.25) is 5.02 Å². The van der Waals surface area contributed by atoms with Gasteiger partial charge in [-0.25, -0.2) is 5.43 Å². The SMILES string of the molecule is CC(=O)O.N=C(N)N/N=C/c1ccccc1Cl. The van der Waals surface area contributed by atoms with Gasteiger partial charge < -0.3 is 10.8 Å². The smallest absolute Gasteiger partial charge is 0.300 e. The van der Waals surface area contributed by atoms with Crippen LogP contribution in [0.3, 0.4) is 0 Å². The molecule has 0 saturated carbocycles. The van der Waals surface area contributed by atoms with Crippen molar-refractivity contribution in [3.05, 3.63) is 34.9 Å². The summed E-state index contributed by atoms with van der Waals surface area (Å²) in [7, 11) is 0. The van der Waals surface area contributed by atoms with Crippen LogP contribution in [0.15, 0.2) is 29.4 Å². The monoisotopic (exact) mass is 256 g/mol. The second-order valence-corrected chi connectivity index (χ2v) is 3.23. The maximum Gasteiger partial charge on any atom is 0.300 e. The molecule has 7 heteroatoms. The number of hydrogen-bond acceptors (Lipinski definition) is 3. The number of carbonyl (C=O) groups is 1. The molecule has 0 aliphatic carbocycles. The van der Waals surface area contributed by atoms with Gasteiger partial charge in [0.1, 0.15) is 0 Å². The van der Waals surface area contributed by atoms with Crippen molar-refractivity contribution in [2.45, 2.75) is 6.92 Å². The number of halogens is 1. The molecule has 0 saturated heterocycles. The van der Waals surface area contributed by atoms with Crippen molar-refractivity contribution in [1.29, 1.82) is 5.41 Å². The summed E-state index contributed by atoms with van der Waals surface area (Å²) < 4.78 is 0. The Labute approximate surface area is 104 Å². The zero-order chi connectivity index (χ0) is 13.3. The summed E-state index contributed by atoms with van der Waals surface area (Å²) in [5.41, 5.74) is 8.09. The number of carboxylic acids is 1. The molecule has 0 aliphatic heterocycles. The van der Waals surface area contributed by atoms with E-state index in [2.05, 4.69) is 10.5 Å². The summed E-state index contributed by atoms with van der Waals surface area (Å²) in [4.78, 5) is 9.00. The Morgan fingerprint density at radius 1 is 1.59 bits per heavy atom. The molecule has 0 bridgehead atoms. The fraction of sp³-hybridized carbons (Fsp3) is 0.100. The van der Waals surface area contributed by atoms with E-state index in [9.17, 15) is 0 Å². The summed E-state index contributed by atoms with van der Waals surface area (Å²) in [5, 5.41) is 18.6. The number of benzene rings is 1. The Hall–Kier alpha value is -2.08. The third-order valence-electron chi connectivity index (χ3n) is 1.29. The first-order valence-corrected chi connectivity index (χ1v) is 4.88. The lowest BCUT2D eigenvalue weighted by Crippen LogP contribution is -2.25. The van der Waals surface area contributed by atoms with Gasteiger partial charge >= 0.3 is 0 Å². The van der Waals surface area contributed by atoms with Crippen LogP contribution in [0.1, 0.15) is 12.5 Å². The van der Waals surface area contributed by atoms with Crippen molar-refractivity contribution in [2.75, 3.05) is 0 Å². The highest BCUT2D eigenvalue weighted by molar-refractivity contribution is 6.33. The molecule has 0 heterocycles. The zero-order valence-corrected chi connectivity index (χ0v) is 9.90. The van der Waals surface area contributed by atoms with Gasteiger partial charge in [-0.05, 0) is 6.07 Å². The summed E-state index contributed by atoms with van der Waals surface area (Å²) >= 11 is 5.84. The molecule has 17 heavy (non-hydrogen) atoms. The third-order valence-corrected chi connectivity index (χ3v) is 1.64. The van der Waals surface area contributed by atoms with E-state index in [4.69, 9.17) is 32.6 Å². The van der Waals surface area contributed by atoms with Crippen molar-refractivity contribution in [2.24, 2.45) is 10.8 Å².